The molecule has 19 heavy (non-hydrogen) atoms. The Hall–Kier alpha value is -0.960. The first-order valence-corrected chi connectivity index (χ1v) is 7.67. The van der Waals surface area contributed by atoms with Gasteiger partial charge < -0.3 is 9.84 Å². The van der Waals surface area contributed by atoms with Crippen LogP contribution in [0.2, 0.25) is 0 Å². The molecule has 0 bridgehead atoms. The summed E-state index contributed by atoms with van der Waals surface area (Å²) in [6, 6.07) is 3.76. The van der Waals surface area contributed by atoms with Crippen molar-refractivity contribution >= 4 is 31.9 Å². The molecular formula is C11H14BrNO5S. The lowest BCUT2D eigenvalue weighted by Crippen LogP contribution is -2.26. The van der Waals surface area contributed by atoms with Crippen LogP contribution < -0.4 is 4.72 Å². The maximum absolute atomic E-state index is 12.0. The molecule has 0 atom stereocenters. The number of carbonyl (C=O) groups is 1. The van der Waals surface area contributed by atoms with Crippen LogP contribution in [0.4, 0.5) is 0 Å². The van der Waals surface area contributed by atoms with Gasteiger partial charge in [0.15, 0.2) is 0 Å². The van der Waals surface area contributed by atoms with E-state index in [1.807, 2.05) is 0 Å². The van der Waals surface area contributed by atoms with Crippen LogP contribution in [0.25, 0.3) is 0 Å². The smallest absolute Gasteiger partial charge is 0.335 e. The number of aromatic carboxylic acids is 1. The van der Waals surface area contributed by atoms with Gasteiger partial charge in [0.1, 0.15) is 0 Å². The lowest BCUT2D eigenvalue weighted by Gasteiger charge is -2.08. The first kappa shape index (κ1) is 16.1. The second kappa shape index (κ2) is 6.99. The highest BCUT2D eigenvalue weighted by Crippen LogP contribution is 2.23. The van der Waals surface area contributed by atoms with Crippen LogP contribution in [-0.4, -0.2) is 39.8 Å². The molecule has 0 aliphatic carbocycles. The molecule has 0 aromatic heterocycles. The van der Waals surface area contributed by atoms with E-state index in [0.29, 0.717) is 13.0 Å². The average Bonchev–Trinajstić information content (AvgIpc) is 2.34. The molecule has 8 heteroatoms. The van der Waals surface area contributed by atoms with Crippen molar-refractivity contribution in [2.75, 3.05) is 20.3 Å². The van der Waals surface area contributed by atoms with Gasteiger partial charge in [-0.25, -0.2) is 17.9 Å². The summed E-state index contributed by atoms with van der Waals surface area (Å²) in [5.41, 5.74) is 0.0187. The van der Waals surface area contributed by atoms with Crippen LogP contribution in [0.3, 0.4) is 0 Å². The number of methoxy groups -OCH3 is 1. The zero-order chi connectivity index (χ0) is 14.5. The van der Waals surface area contributed by atoms with Crippen LogP contribution in [-0.2, 0) is 14.8 Å². The quantitative estimate of drug-likeness (QED) is 0.725. The maximum Gasteiger partial charge on any atom is 0.335 e. The number of benzene rings is 1. The van der Waals surface area contributed by atoms with Gasteiger partial charge in [0.05, 0.1) is 10.5 Å². The molecule has 1 aromatic carbocycles. The highest BCUT2D eigenvalue weighted by atomic mass is 79.9. The van der Waals surface area contributed by atoms with E-state index >= 15 is 0 Å². The zero-order valence-electron chi connectivity index (χ0n) is 10.2. The predicted molar refractivity (Wildman–Crippen MR) is 72.8 cm³/mol. The molecule has 0 saturated carbocycles. The van der Waals surface area contributed by atoms with Gasteiger partial charge in [-0.15, -0.1) is 0 Å². The molecule has 106 valence electrons. The standard InChI is InChI=1S/C11H14BrNO5S/c1-18-6-2-5-13-19(16,17)10-4-3-8(11(14)15)7-9(10)12/h3-4,7,13H,2,5-6H2,1H3,(H,14,15). The Morgan fingerprint density at radius 3 is 2.68 bits per heavy atom. The molecule has 0 unspecified atom stereocenters. The van der Waals surface area contributed by atoms with Gasteiger partial charge in [-0.2, -0.15) is 0 Å². The third kappa shape index (κ3) is 4.57. The Labute approximate surface area is 120 Å². The van der Waals surface area contributed by atoms with Gasteiger partial charge in [0.25, 0.3) is 0 Å². The third-order valence-electron chi connectivity index (χ3n) is 2.29. The summed E-state index contributed by atoms with van der Waals surface area (Å²) >= 11 is 3.07. The number of carboxylic acids is 1. The molecule has 0 aliphatic heterocycles. The summed E-state index contributed by atoms with van der Waals surface area (Å²) in [4.78, 5) is 10.8. The fourth-order valence-electron chi connectivity index (χ4n) is 1.35. The van der Waals surface area contributed by atoms with E-state index in [1.165, 1.54) is 25.3 Å². The second-order valence-electron chi connectivity index (χ2n) is 3.69. The average molecular weight is 352 g/mol. The number of nitrogens with one attached hydrogen (secondary N) is 1. The van der Waals surface area contributed by atoms with E-state index < -0.39 is 16.0 Å². The minimum absolute atomic E-state index is 0.00918. The Kier molecular flexibility index (Phi) is 5.92. The normalized spacial score (nSPS) is 11.5. The summed E-state index contributed by atoms with van der Waals surface area (Å²) in [7, 11) is -2.12. The number of carboxylic acid groups (broad SMARTS) is 1. The third-order valence-corrected chi connectivity index (χ3v) is 4.72. The maximum atomic E-state index is 12.0. The number of ether oxygens (including phenoxy) is 1. The molecule has 0 fully saturated rings. The van der Waals surface area contributed by atoms with E-state index in [9.17, 15) is 13.2 Å². The van der Waals surface area contributed by atoms with Crippen molar-refractivity contribution in [3.63, 3.8) is 0 Å². The van der Waals surface area contributed by atoms with Gasteiger partial charge in [0, 0.05) is 24.7 Å². The van der Waals surface area contributed by atoms with Crippen LogP contribution in [0.15, 0.2) is 27.6 Å². The number of hydrogen-bond donors (Lipinski definition) is 2. The molecule has 1 aromatic rings. The first-order valence-electron chi connectivity index (χ1n) is 5.40. The van der Waals surface area contributed by atoms with Gasteiger partial charge in [-0.1, -0.05) is 0 Å². The van der Waals surface area contributed by atoms with E-state index in [2.05, 4.69) is 20.7 Å². The van der Waals surface area contributed by atoms with Gasteiger partial charge in [-0.05, 0) is 40.5 Å². The lowest BCUT2D eigenvalue weighted by atomic mass is 10.2. The zero-order valence-corrected chi connectivity index (χ0v) is 12.6. The first-order chi connectivity index (χ1) is 8.88. The molecule has 0 aliphatic rings. The van der Waals surface area contributed by atoms with E-state index in [0.717, 1.165) is 0 Å². The Balaban J connectivity index is 2.87. The summed E-state index contributed by atoms with van der Waals surface area (Å²) in [5.74, 6) is -1.11. The second-order valence-corrected chi connectivity index (χ2v) is 6.28. The largest absolute Gasteiger partial charge is 0.478 e. The monoisotopic (exact) mass is 351 g/mol. The molecule has 0 spiro atoms. The lowest BCUT2D eigenvalue weighted by molar-refractivity contribution is 0.0696. The van der Waals surface area contributed by atoms with Crippen molar-refractivity contribution in [2.45, 2.75) is 11.3 Å². The van der Waals surface area contributed by atoms with Crippen molar-refractivity contribution in [2.24, 2.45) is 0 Å². The summed E-state index contributed by atoms with van der Waals surface area (Å²) < 4.78 is 31.4. The van der Waals surface area contributed by atoms with Crippen LogP contribution in [0.5, 0.6) is 0 Å². The summed E-state index contributed by atoms with van der Waals surface area (Å²) in [5, 5.41) is 8.80. The van der Waals surface area contributed by atoms with Crippen molar-refractivity contribution in [3.8, 4) is 0 Å². The summed E-state index contributed by atoms with van der Waals surface area (Å²) in [6.45, 7) is 0.713. The number of rotatable bonds is 7. The van der Waals surface area contributed by atoms with Gasteiger partial charge in [0.2, 0.25) is 10.0 Å². The molecular weight excluding hydrogens is 338 g/mol. The van der Waals surface area contributed by atoms with Gasteiger partial charge >= 0.3 is 5.97 Å². The van der Waals surface area contributed by atoms with Crippen molar-refractivity contribution in [1.82, 2.24) is 4.72 Å². The minimum Gasteiger partial charge on any atom is -0.478 e. The van der Waals surface area contributed by atoms with Crippen LogP contribution in [0.1, 0.15) is 16.8 Å². The molecule has 2 N–H and O–H groups in total. The summed E-state index contributed by atoms with van der Waals surface area (Å²) in [6.07, 6.45) is 0.556. The predicted octanol–water partition coefficient (Wildman–Crippen LogP) is 1.46. The van der Waals surface area contributed by atoms with Crippen molar-refractivity contribution in [1.29, 1.82) is 0 Å². The molecule has 0 radical (unpaired) electrons. The van der Waals surface area contributed by atoms with Crippen LogP contribution in [0, 0.1) is 0 Å². The number of hydrogen-bond acceptors (Lipinski definition) is 4. The van der Waals surface area contributed by atoms with Gasteiger partial charge in [-0.3, -0.25) is 0 Å². The van der Waals surface area contributed by atoms with E-state index in [-0.39, 0.29) is 21.5 Å². The fraction of sp³-hybridized carbons (Fsp3) is 0.364. The Morgan fingerprint density at radius 2 is 2.16 bits per heavy atom. The van der Waals surface area contributed by atoms with E-state index in [4.69, 9.17) is 9.84 Å². The Morgan fingerprint density at radius 1 is 1.47 bits per heavy atom. The fourth-order valence-corrected chi connectivity index (χ4v) is 3.50. The van der Waals surface area contributed by atoms with Crippen LogP contribution >= 0.6 is 15.9 Å². The van der Waals surface area contributed by atoms with Crippen molar-refractivity contribution < 1.29 is 23.1 Å². The van der Waals surface area contributed by atoms with Crippen molar-refractivity contribution in [3.05, 3.63) is 28.2 Å². The highest BCUT2D eigenvalue weighted by molar-refractivity contribution is 9.10. The van der Waals surface area contributed by atoms with E-state index in [1.54, 1.807) is 0 Å². The number of halogens is 1. The Bertz CT molecular complexity index is 558. The SMILES string of the molecule is COCCCNS(=O)(=O)c1ccc(C(=O)O)cc1Br. The minimum atomic E-state index is -3.66. The highest BCUT2D eigenvalue weighted by Gasteiger charge is 2.18. The molecule has 6 nitrogen and oxygen atoms in total. The molecule has 0 amide bonds. The molecule has 0 heterocycles. The number of sulfonamides is 1. The molecule has 1 rings (SSSR count). The topological polar surface area (TPSA) is 92.7 Å². The molecule has 0 saturated heterocycles.